The molecule has 31 heavy (non-hydrogen) atoms. The molecule has 1 amide bonds. The number of benzene rings is 1. The molecular weight excluding hydrogens is 433 g/mol. The zero-order valence-corrected chi connectivity index (χ0v) is 19.8. The van der Waals surface area contributed by atoms with Crippen molar-refractivity contribution >= 4 is 40.9 Å². The third-order valence-corrected chi connectivity index (χ3v) is 8.58. The van der Waals surface area contributed by atoms with Crippen LogP contribution in [0.2, 0.25) is 0 Å². The smallest absolute Gasteiger partial charge is 0.226 e. The fourth-order valence-electron chi connectivity index (χ4n) is 6.65. The van der Waals surface area contributed by atoms with E-state index >= 15 is 0 Å². The number of carbonyl (C=O) groups is 1. The molecule has 1 heterocycles. The Balaban J connectivity index is 0.00000231. The summed E-state index contributed by atoms with van der Waals surface area (Å²) in [4.78, 5) is 20.5. The van der Waals surface area contributed by atoms with Crippen LogP contribution in [0, 0.1) is 23.6 Å². The van der Waals surface area contributed by atoms with Gasteiger partial charge in [-0.25, -0.2) is 4.39 Å². The summed E-state index contributed by atoms with van der Waals surface area (Å²) in [6, 6.07) is 6.16. The maximum Gasteiger partial charge on any atom is 0.226 e. The highest BCUT2D eigenvalue weighted by Crippen LogP contribution is 2.57. The van der Waals surface area contributed by atoms with Crippen LogP contribution in [0.4, 0.5) is 10.1 Å². The molecule has 0 radical (unpaired) electrons. The topological polar surface area (TPSA) is 44.7 Å². The van der Waals surface area contributed by atoms with Gasteiger partial charge >= 0.3 is 0 Å². The van der Waals surface area contributed by atoms with Crippen LogP contribution < -0.4 is 5.32 Å². The van der Waals surface area contributed by atoms with E-state index in [9.17, 15) is 9.18 Å². The second kappa shape index (κ2) is 9.30. The molecule has 1 unspecified atom stereocenters. The van der Waals surface area contributed by atoms with Crippen LogP contribution in [-0.2, 0) is 4.79 Å². The van der Waals surface area contributed by atoms with Crippen molar-refractivity contribution in [3.8, 4) is 0 Å². The van der Waals surface area contributed by atoms with Gasteiger partial charge in [-0.2, -0.15) is 0 Å². The lowest BCUT2D eigenvalue weighted by Gasteiger charge is -2.55. The number of thioether (sulfide) groups is 1. The minimum atomic E-state index is -0.292. The Hall–Kier alpha value is -1.27. The predicted molar refractivity (Wildman–Crippen MR) is 128 cm³/mol. The summed E-state index contributed by atoms with van der Waals surface area (Å²) in [6.07, 6.45) is 9.63. The van der Waals surface area contributed by atoms with Gasteiger partial charge in [0, 0.05) is 30.4 Å². The number of nitrogens with zero attached hydrogens (tertiary/aromatic N) is 2. The van der Waals surface area contributed by atoms with E-state index in [-0.39, 0.29) is 35.7 Å². The normalized spacial score (nSPS) is 34.8. The van der Waals surface area contributed by atoms with Crippen molar-refractivity contribution in [1.82, 2.24) is 4.90 Å². The molecule has 6 rings (SSSR count). The molecule has 4 aliphatic carbocycles. The minimum Gasteiger partial charge on any atom is -0.347 e. The van der Waals surface area contributed by atoms with Crippen LogP contribution in [0.3, 0.4) is 0 Å². The quantitative estimate of drug-likeness (QED) is 0.583. The van der Waals surface area contributed by atoms with Gasteiger partial charge in [0.2, 0.25) is 5.91 Å². The van der Waals surface area contributed by atoms with Gasteiger partial charge in [-0.05, 0) is 87.0 Å². The van der Waals surface area contributed by atoms with E-state index < -0.39 is 0 Å². The lowest BCUT2D eigenvalue weighted by atomic mass is 9.53. The number of hydrogen-bond acceptors (Lipinski definition) is 3. The molecule has 1 aromatic rings. The number of halogens is 2. The summed E-state index contributed by atoms with van der Waals surface area (Å²) in [5.74, 6) is 3.29. The molecule has 7 heteroatoms. The minimum absolute atomic E-state index is 0. The lowest BCUT2D eigenvalue weighted by molar-refractivity contribution is -0.116. The van der Waals surface area contributed by atoms with Gasteiger partial charge in [0.05, 0.1) is 5.54 Å². The van der Waals surface area contributed by atoms with Crippen molar-refractivity contribution in [2.75, 3.05) is 17.6 Å². The number of hydrogen-bond donors (Lipinski definition) is 1. The summed E-state index contributed by atoms with van der Waals surface area (Å²) >= 11 is 1.84. The van der Waals surface area contributed by atoms with Gasteiger partial charge in [-0.3, -0.25) is 9.79 Å². The fourth-order valence-corrected chi connectivity index (χ4v) is 7.95. The Kier molecular flexibility index (Phi) is 6.87. The van der Waals surface area contributed by atoms with Gasteiger partial charge in [0.1, 0.15) is 5.82 Å². The summed E-state index contributed by atoms with van der Waals surface area (Å²) in [5.41, 5.74) is 0.825. The first kappa shape index (κ1) is 22.9. The van der Waals surface area contributed by atoms with Crippen LogP contribution in [0.5, 0.6) is 0 Å². The average Bonchev–Trinajstić information content (AvgIpc) is 3.03. The largest absolute Gasteiger partial charge is 0.347 e. The molecule has 170 valence electrons. The maximum atomic E-state index is 13.1. The van der Waals surface area contributed by atoms with Gasteiger partial charge in [-0.15, -0.1) is 12.4 Å². The van der Waals surface area contributed by atoms with E-state index in [1.165, 1.54) is 55.8 Å². The Bertz CT molecular complexity index is 795. The molecule has 1 atom stereocenters. The second-order valence-corrected chi connectivity index (χ2v) is 10.9. The monoisotopic (exact) mass is 465 g/mol. The summed E-state index contributed by atoms with van der Waals surface area (Å²) in [5, 5.41) is 4.10. The third-order valence-electron chi connectivity index (χ3n) is 7.44. The Morgan fingerprint density at radius 2 is 1.77 bits per heavy atom. The van der Waals surface area contributed by atoms with Crippen molar-refractivity contribution in [2.45, 2.75) is 69.9 Å². The number of anilines is 1. The number of aliphatic imine (C=N–C) groups is 1. The molecule has 1 aromatic carbocycles. The molecule has 5 aliphatic rings. The molecule has 4 bridgehead atoms. The lowest BCUT2D eigenvalue weighted by Crippen LogP contribution is -2.50. The molecular formula is C24H33ClFN3OS. The zero-order chi connectivity index (χ0) is 20.7. The van der Waals surface area contributed by atoms with Crippen molar-refractivity contribution in [1.29, 1.82) is 0 Å². The van der Waals surface area contributed by atoms with Crippen LogP contribution in [0.15, 0.2) is 29.3 Å². The highest BCUT2D eigenvalue weighted by Gasteiger charge is 2.51. The Morgan fingerprint density at radius 3 is 2.35 bits per heavy atom. The van der Waals surface area contributed by atoms with E-state index in [1.54, 1.807) is 12.1 Å². The predicted octanol–water partition coefficient (Wildman–Crippen LogP) is 5.73. The van der Waals surface area contributed by atoms with Crippen molar-refractivity contribution < 1.29 is 9.18 Å². The third kappa shape index (κ3) is 4.90. The summed E-state index contributed by atoms with van der Waals surface area (Å²) in [7, 11) is 0. The molecule has 0 spiro atoms. The van der Waals surface area contributed by atoms with Crippen LogP contribution in [0.25, 0.3) is 0 Å². The SMILES string of the molecule is CCCN1C(=NC23CC4CC(CC(C4)C2)C3)SCC1CC(=O)Nc1ccc(F)cc1.Cl. The fraction of sp³-hybridized carbons (Fsp3) is 0.667. The zero-order valence-electron chi connectivity index (χ0n) is 18.2. The maximum absolute atomic E-state index is 13.1. The van der Waals surface area contributed by atoms with E-state index in [2.05, 4.69) is 17.1 Å². The van der Waals surface area contributed by atoms with Crippen molar-refractivity contribution in [3.05, 3.63) is 30.1 Å². The van der Waals surface area contributed by atoms with E-state index in [1.807, 2.05) is 11.8 Å². The Morgan fingerprint density at radius 1 is 1.16 bits per heavy atom. The van der Waals surface area contributed by atoms with Gasteiger partial charge in [-0.1, -0.05) is 18.7 Å². The second-order valence-electron chi connectivity index (χ2n) is 9.95. The van der Waals surface area contributed by atoms with Crippen molar-refractivity contribution in [3.63, 3.8) is 0 Å². The first-order valence-electron chi connectivity index (χ1n) is 11.6. The summed E-state index contributed by atoms with van der Waals surface area (Å²) in [6.45, 7) is 3.15. The standard InChI is InChI=1S/C24H32FN3OS.ClH/c1-2-7-28-21(11-22(29)26-20-5-3-19(25)4-6-20)15-30-23(28)27-24-12-16-8-17(13-24)10-18(9-16)14-24;/h3-6,16-18,21H,2,7-15H2,1H3,(H,26,29);1H. The van der Waals surface area contributed by atoms with Crippen LogP contribution in [0.1, 0.15) is 58.3 Å². The van der Waals surface area contributed by atoms with Crippen LogP contribution in [-0.4, -0.2) is 39.9 Å². The van der Waals surface area contributed by atoms with E-state index in [0.29, 0.717) is 12.1 Å². The molecule has 5 fully saturated rings. The highest BCUT2D eigenvalue weighted by molar-refractivity contribution is 8.14. The molecule has 1 aliphatic heterocycles. The number of amides is 1. The van der Waals surface area contributed by atoms with Gasteiger partial charge in [0.25, 0.3) is 0 Å². The first-order valence-corrected chi connectivity index (χ1v) is 12.6. The average molecular weight is 466 g/mol. The van der Waals surface area contributed by atoms with E-state index in [0.717, 1.165) is 36.5 Å². The first-order chi connectivity index (χ1) is 14.5. The number of nitrogens with one attached hydrogen (secondary N) is 1. The molecule has 1 saturated heterocycles. The van der Waals surface area contributed by atoms with Gasteiger partial charge < -0.3 is 10.2 Å². The number of amidine groups is 1. The Labute approximate surface area is 195 Å². The molecule has 0 aromatic heterocycles. The molecule has 4 nitrogen and oxygen atoms in total. The van der Waals surface area contributed by atoms with Gasteiger partial charge in [0.15, 0.2) is 5.17 Å². The van der Waals surface area contributed by atoms with Crippen molar-refractivity contribution in [2.24, 2.45) is 22.7 Å². The number of carbonyl (C=O) groups excluding carboxylic acids is 1. The number of rotatable bonds is 6. The molecule has 4 saturated carbocycles. The van der Waals surface area contributed by atoms with Crippen LogP contribution >= 0.6 is 24.2 Å². The summed E-state index contributed by atoms with van der Waals surface area (Å²) < 4.78 is 13.1. The van der Waals surface area contributed by atoms with E-state index in [4.69, 9.17) is 4.99 Å². The highest BCUT2D eigenvalue weighted by atomic mass is 35.5. The molecule has 1 N–H and O–H groups in total.